The predicted octanol–water partition coefficient (Wildman–Crippen LogP) is 3.71. The highest BCUT2D eigenvalue weighted by atomic mass is 79.9. The Kier molecular flexibility index (Phi) is 5.39. The Labute approximate surface area is 162 Å². The van der Waals surface area contributed by atoms with E-state index in [1.54, 1.807) is 48.5 Å². The van der Waals surface area contributed by atoms with E-state index in [0.29, 0.717) is 21.9 Å². The first-order chi connectivity index (χ1) is 12.4. The highest BCUT2D eigenvalue weighted by Crippen LogP contribution is 2.24. The average Bonchev–Trinajstić information content (AvgIpc) is 3.09. The minimum atomic E-state index is -0.994. The summed E-state index contributed by atoms with van der Waals surface area (Å²) in [5, 5.41) is 6.86. The summed E-state index contributed by atoms with van der Waals surface area (Å²) in [4.78, 5) is 24.2. The monoisotopic (exact) mass is 433 g/mol. The topological polar surface area (TPSA) is 98.2 Å². The SMILES string of the molecule is NC(=O)[C@@H](NC(=O)c1cc(-c2cccc(Cl)c2)on1)c1cccc(Br)c1. The molecule has 1 heterocycles. The lowest BCUT2D eigenvalue weighted by Crippen LogP contribution is -2.37. The van der Waals surface area contributed by atoms with Crippen LogP contribution in [0.3, 0.4) is 0 Å². The fraction of sp³-hybridized carbons (Fsp3) is 0.0556. The second-order valence-corrected chi connectivity index (χ2v) is 6.80. The Hall–Kier alpha value is -2.64. The molecule has 0 aliphatic carbocycles. The van der Waals surface area contributed by atoms with Gasteiger partial charge in [-0.2, -0.15) is 0 Å². The van der Waals surface area contributed by atoms with Crippen LogP contribution in [-0.2, 0) is 4.79 Å². The maximum Gasteiger partial charge on any atom is 0.274 e. The molecule has 6 nitrogen and oxygen atoms in total. The van der Waals surface area contributed by atoms with Gasteiger partial charge in [-0.3, -0.25) is 9.59 Å². The highest BCUT2D eigenvalue weighted by molar-refractivity contribution is 9.10. The predicted molar refractivity (Wildman–Crippen MR) is 100 cm³/mol. The number of carbonyl (C=O) groups is 2. The maximum atomic E-state index is 12.5. The Bertz CT molecular complexity index is 974. The van der Waals surface area contributed by atoms with E-state index in [1.165, 1.54) is 6.07 Å². The number of carbonyl (C=O) groups excluding carboxylic acids is 2. The molecule has 3 aromatic rings. The van der Waals surface area contributed by atoms with Crippen LogP contribution < -0.4 is 11.1 Å². The molecule has 8 heteroatoms. The molecule has 0 aliphatic heterocycles. The normalized spacial score (nSPS) is 11.8. The molecule has 0 bridgehead atoms. The zero-order valence-electron chi connectivity index (χ0n) is 13.3. The van der Waals surface area contributed by atoms with Crippen LogP contribution in [0, 0.1) is 0 Å². The number of primary amides is 1. The third kappa shape index (κ3) is 4.12. The summed E-state index contributed by atoms with van der Waals surface area (Å²) in [5.74, 6) is -0.878. The van der Waals surface area contributed by atoms with E-state index in [-0.39, 0.29) is 5.69 Å². The molecule has 3 rings (SSSR count). The molecule has 0 saturated carbocycles. The molecule has 0 unspecified atom stereocenters. The first-order valence-electron chi connectivity index (χ1n) is 7.52. The van der Waals surface area contributed by atoms with E-state index in [2.05, 4.69) is 26.4 Å². The number of nitrogens with two attached hydrogens (primary N) is 1. The molecule has 2 amide bonds. The average molecular weight is 435 g/mol. The summed E-state index contributed by atoms with van der Waals surface area (Å²) in [6, 6.07) is 14.4. The fourth-order valence-corrected chi connectivity index (χ4v) is 2.98. The molecule has 26 heavy (non-hydrogen) atoms. The quantitative estimate of drug-likeness (QED) is 0.639. The molecule has 1 atom stereocenters. The number of nitrogens with one attached hydrogen (secondary N) is 1. The molecular formula is C18H13BrClN3O3. The number of halogens is 2. The van der Waals surface area contributed by atoms with Crippen LogP contribution in [0.2, 0.25) is 5.02 Å². The van der Waals surface area contributed by atoms with E-state index in [0.717, 1.165) is 4.47 Å². The molecule has 1 aromatic heterocycles. The van der Waals surface area contributed by atoms with Gasteiger partial charge in [-0.25, -0.2) is 0 Å². The van der Waals surface area contributed by atoms with Gasteiger partial charge in [-0.15, -0.1) is 0 Å². The van der Waals surface area contributed by atoms with Crippen molar-refractivity contribution in [2.24, 2.45) is 5.73 Å². The first-order valence-corrected chi connectivity index (χ1v) is 8.69. The van der Waals surface area contributed by atoms with Crippen molar-refractivity contribution < 1.29 is 14.1 Å². The number of hydrogen-bond acceptors (Lipinski definition) is 4. The summed E-state index contributed by atoms with van der Waals surface area (Å²) in [6.07, 6.45) is 0. The van der Waals surface area contributed by atoms with Crippen LogP contribution in [0.15, 0.2) is 63.6 Å². The highest BCUT2D eigenvalue weighted by Gasteiger charge is 2.23. The van der Waals surface area contributed by atoms with Crippen LogP contribution >= 0.6 is 27.5 Å². The molecular weight excluding hydrogens is 422 g/mol. The lowest BCUT2D eigenvalue weighted by atomic mass is 10.1. The van der Waals surface area contributed by atoms with Crippen LogP contribution in [0.5, 0.6) is 0 Å². The van der Waals surface area contributed by atoms with Gasteiger partial charge in [0.05, 0.1) is 0 Å². The van der Waals surface area contributed by atoms with Crippen LogP contribution in [0.1, 0.15) is 22.1 Å². The second kappa shape index (κ2) is 7.72. The largest absolute Gasteiger partial charge is 0.368 e. The molecule has 0 fully saturated rings. The van der Waals surface area contributed by atoms with Crippen molar-refractivity contribution in [1.82, 2.24) is 10.5 Å². The van der Waals surface area contributed by atoms with E-state index in [4.69, 9.17) is 21.9 Å². The van der Waals surface area contributed by atoms with Gasteiger partial charge in [-0.1, -0.05) is 57.0 Å². The van der Waals surface area contributed by atoms with Gasteiger partial charge in [0.2, 0.25) is 5.91 Å². The number of rotatable bonds is 5. The van der Waals surface area contributed by atoms with Gasteiger partial charge in [-0.05, 0) is 29.8 Å². The Balaban J connectivity index is 1.82. The van der Waals surface area contributed by atoms with Gasteiger partial charge < -0.3 is 15.6 Å². The molecule has 0 aliphatic rings. The van der Waals surface area contributed by atoms with Crippen molar-refractivity contribution in [3.8, 4) is 11.3 Å². The van der Waals surface area contributed by atoms with Crippen molar-refractivity contribution in [2.75, 3.05) is 0 Å². The third-order valence-corrected chi connectivity index (χ3v) is 4.32. The lowest BCUT2D eigenvalue weighted by molar-refractivity contribution is -0.120. The number of hydrogen-bond donors (Lipinski definition) is 2. The van der Waals surface area contributed by atoms with E-state index in [9.17, 15) is 9.59 Å². The van der Waals surface area contributed by atoms with Gasteiger partial charge in [0, 0.05) is 21.1 Å². The zero-order chi connectivity index (χ0) is 18.7. The number of aromatic nitrogens is 1. The van der Waals surface area contributed by atoms with Crippen molar-refractivity contribution in [3.05, 3.63) is 75.4 Å². The second-order valence-electron chi connectivity index (χ2n) is 5.45. The molecule has 2 aromatic carbocycles. The summed E-state index contributed by atoms with van der Waals surface area (Å²) in [7, 11) is 0. The Morgan fingerprint density at radius 1 is 1.15 bits per heavy atom. The van der Waals surface area contributed by atoms with Crippen LogP contribution in [0.25, 0.3) is 11.3 Å². The summed E-state index contributed by atoms with van der Waals surface area (Å²) in [6.45, 7) is 0. The number of amides is 2. The number of nitrogens with zero attached hydrogens (tertiary/aromatic N) is 1. The molecule has 3 N–H and O–H groups in total. The van der Waals surface area contributed by atoms with Crippen molar-refractivity contribution in [1.29, 1.82) is 0 Å². The van der Waals surface area contributed by atoms with Gasteiger partial charge >= 0.3 is 0 Å². The molecule has 132 valence electrons. The smallest absolute Gasteiger partial charge is 0.274 e. The number of benzene rings is 2. The van der Waals surface area contributed by atoms with Gasteiger partial charge in [0.1, 0.15) is 6.04 Å². The van der Waals surface area contributed by atoms with E-state index in [1.807, 2.05) is 0 Å². The van der Waals surface area contributed by atoms with Gasteiger partial charge in [0.25, 0.3) is 5.91 Å². The van der Waals surface area contributed by atoms with E-state index < -0.39 is 17.9 Å². The Morgan fingerprint density at radius 3 is 2.62 bits per heavy atom. The summed E-state index contributed by atoms with van der Waals surface area (Å²) in [5.41, 5.74) is 6.70. The van der Waals surface area contributed by atoms with Crippen molar-refractivity contribution in [3.63, 3.8) is 0 Å². The van der Waals surface area contributed by atoms with Crippen molar-refractivity contribution >= 4 is 39.3 Å². The third-order valence-electron chi connectivity index (χ3n) is 3.59. The fourth-order valence-electron chi connectivity index (χ4n) is 2.37. The minimum absolute atomic E-state index is 0.0289. The van der Waals surface area contributed by atoms with E-state index >= 15 is 0 Å². The van der Waals surface area contributed by atoms with Crippen LogP contribution in [0.4, 0.5) is 0 Å². The lowest BCUT2D eigenvalue weighted by Gasteiger charge is -2.15. The Morgan fingerprint density at radius 2 is 1.92 bits per heavy atom. The van der Waals surface area contributed by atoms with Crippen molar-refractivity contribution in [2.45, 2.75) is 6.04 Å². The summed E-state index contributed by atoms with van der Waals surface area (Å²) >= 11 is 9.27. The zero-order valence-corrected chi connectivity index (χ0v) is 15.6. The van der Waals surface area contributed by atoms with Gasteiger partial charge in [0.15, 0.2) is 11.5 Å². The maximum absolute atomic E-state index is 12.5. The van der Waals surface area contributed by atoms with Crippen LogP contribution in [-0.4, -0.2) is 17.0 Å². The first kappa shape index (κ1) is 18.2. The standard InChI is InChI=1S/C18H13BrClN3O3/c19-12-5-1-4-11(7-12)16(17(21)24)22-18(25)14-9-15(26-23-14)10-3-2-6-13(20)8-10/h1-9,16H,(H2,21,24)(H,22,25)/t16-/m0/s1. The molecule has 0 spiro atoms. The summed E-state index contributed by atoms with van der Waals surface area (Å²) < 4.78 is 5.96. The molecule has 0 saturated heterocycles. The molecule has 0 radical (unpaired) electrons. The minimum Gasteiger partial charge on any atom is -0.368 e.